The summed E-state index contributed by atoms with van der Waals surface area (Å²) in [7, 11) is 4.04. The Morgan fingerprint density at radius 1 is 0.642 bits per heavy atom. The predicted molar refractivity (Wildman–Crippen MR) is 250 cm³/mol. The molecule has 2 fully saturated rings. The summed E-state index contributed by atoms with van der Waals surface area (Å²) in [5.74, 6) is 1.62. The van der Waals surface area contributed by atoms with Crippen LogP contribution in [0.4, 0.5) is 9.59 Å². The summed E-state index contributed by atoms with van der Waals surface area (Å²) in [5.41, 5.74) is 7.56. The van der Waals surface area contributed by atoms with E-state index in [-0.39, 0.29) is 30.3 Å². The van der Waals surface area contributed by atoms with E-state index in [2.05, 4.69) is 49.9 Å². The molecule has 16 nitrogen and oxygen atoms in total. The number of hydrogen-bond donors (Lipinski definition) is 4. The van der Waals surface area contributed by atoms with E-state index in [4.69, 9.17) is 23.9 Å². The fourth-order valence-corrected chi connectivity index (χ4v) is 8.80. The van der Waals surface area contributed by atoms with E-state index in [9.17, 15) is 19.2 Å². The third-order valence-electron chi connectivity index (χ3n) is 12.6. The Morgan fingerprint density at radius 2 is 1.15 bits per heavy atom. The van der Waals surface area contributed by atoms with Crippen LogP contribution in [0.3, 0.4) is 0 Å². The van der Waals surface area contributed by atoms with E-state index in [1.165, 1.54) is 21.3 Å². The van der Waals surface area contributed by atoms with Crippen LogP contribution in [-0.4, -0.2) is 106 Å². The van der Waals surface area contributed by atoms with Crippen LogP contribution in [0.25, 0.3) is 33.6 Å². The van der Waals surface area contributed by atoms with E-state index in [1.54, 1.807) is 29.1 Å². The molecule has 16 heteroatoms. The van der Waals surface area contributed by atoms with Gasteiger partial charge < -0.3 is 49.3 Å². The smallest absolute Gasteiger partial charge is 0.407 e. The number of nitrogens with one attached hydrogen (secondary N) is 4. The van der Waals surface area contributed by atoms with Crippen LogP contribution < -0.4 is 15.4 Å². The van der Waals surface area contributed by atoms with Crippen LogP contribution in [0.15, 0.2) is 116 Å². The summed E-state index contributed by atoms with van der Waals surface area (Å²) in [6.45, 7) is 3.24. The Kier molecular flexibility index (Phi) is 14.6. The number of nitrogens with zero attached hydrogens (tertiary/aromatic N) is 4. The minimum Gasteiger partial charge on any atom is -0.489 e. The predicted octanol–water partition coefficient (Wildman–Crippen LogP) is 7.77. The molecule has 8 rings (SSSR count). The van der Waals surface area contributed by atoms with Crippen molar-refractivity contribution in [3.8, 4) is 39.4 Å². The van der Waals surface area contributed by atoms with Gasteiger partial charge in [-0.15, -0.1) is 0 Å². The van der Waals surface area contributed by atoms with Crippen LogP contribution in [0.1, 0.15) is 67.5 Å². The first-order valence-electron chi connectivity index (χ1n) is 22.5. The molecule has 0 spiro atoms. The molecule has 5 atom stereocenters. The van der Waals surface area contributed by atoms with E-state index >= 15 is 0 Å². The van der Waals surface area contributed by atoms with E-state index < -0.39 is 30.4 Å². The molecule has 0 unspecified atom stereocenters. The number of imidazole rings is 2. The van der Waals surface area contributed by atoms with Crippen molar-refractivity contribution in [2.24, 2.45) is 0 Å². The number of amides is 4. The molecule has 67 heavy (non-hydrogen) atoms. The number of rotatable bonds is 16. The number of H-pyrrole nitrogens is 2. The van der Waals surface area contributed by atoms with E-state index in [0.717, 1.165) is 70.5 Å². The summed E-state index contributed by atoms with van der Waals surface area (Å²) in [6, 6.07) is 31.6. The number of alkyl carbamates (subject to hydrolysis) is 2. The van der Waals surface area contributed by atoms with Crippen LogP contribution in [0.5, 0.6) is 5.75 Å². The van der Waals surface area contributed by atoms with Crippen LogP contribution in [0, 0.1) is 0 Å². The lowest BCUT2D eigenvalue weighted by atomic mass is 10.0. The first-order chi connectivity index (χ1) is 32.6. The Labute approximate surface area is 389 Å². The number of carbonyl (C=O) groups excluding carboxylic acids is 4. The average molecular weight is 909 g/mol. The largest absolute Gasteiger partial charge is 0.489 e. The summed E-state index contributed by atoms with van der Waals surface area (Å²) < 4.78 is 21.0. The van der Waals surface area contributed by atoms with Crippen molar-refractivity contribution >= 4 is 24.0 Å². The van der Waals surface area contributed by atoms with Gasteiger partial charge in [-0.05, 0) is 78.1 Å². The Bertz CT molecular complexity index is 2620. The third kappa shape index (κ3) is 10.8. The average Bonchev–Trinajstić information content (AvgIpc) is 4.23. The van der Waals surface area contributed by atoms with Crippen molar-refractivity contribution in [2.45, 2.75) is 75.9 Å². The highest BCUT2D eigenvalue weighted by Gasteiger charge is 2.39. The molecule has 348 valence electrons. The van der Waals surface area contributed by atoms with Gasteiger partial charge in [-0.3, -0.25) is 9.59 Å². The van der Waals surface area contributed by atoms with Gasteiger partial charge in [0.05, 0.1) is 56.2 Å². The zero-order valence-corrected chi connectivity index (χ0v) is 38.1. The second-order valence-electron chi connectivity index (χ2n) is 16.8. The molecule has 4 heterocycles. The van der Waals surface area contributed by atoms with Gasteiger partial charge in [0.1, 0.15) is 36.1 Å². The van der Waals surface area contributed by atoms with Crippen LogP contribution in [-0.2, 0) is 36.8 Å². The molecular weight excluding hydrogens is 853 g/mol. The molecular formula is C51H56N8O8. The molecule has 2 aromatic heterocycles. The lowest BCUT2D eigenvalue weighted by Crippen LogP contribution is -2.54. The van der Waals surface area contributed by atoms with Crippen molar-refractivity contribution in [3.63, 3.8) is 0 Å². The number of aromatic amines is 2. The number of methoxy groups -OCH3 is 3. The minimum absolute atomic E-state index is 0.205. The SMILES string of the molecule is COC(=O)N[C@@H](Cc1ccc(OCc2ccccc2)cc1)C(=O)N1CCC[C@H]1c1ncc(-c2ccc(-c3ccc(-c4cnc([C@@H]5CCCN5C(=O)[C@@H](NC(=O)OC)[C@@H](C)OC)[nH]4)cc3)cc2)[nH]1. The zero-order chi connectivity index (χ0) is 46.9. The fraction of sp³-hybridized carbons (Fsp3) is 0.333. The maximum absolute atomic E-state index is 14.2. The Hall–Kier alpha value is -7.46. The molecule has 2 aliphatic rings. The fourth-order valence-electron chi connectivity index (χ4n) is 8.80. The summed E-state index contributed by atoms with van der Waals surface area (Å²) in [4.78, 5) is 72.2. The number of carbonyl (C=O) groups is 4. The van der Waals surface area contributed by atoms with Crippen molar-refractivity contribution in [2.75, 3.05) is 34.4 Å². The first-order valence-corrected chi connectivity index (χ1v) is 22.5. The number of aromatic nitrogens is 4. The van der Waals surface area contributed by atoms with Crippen molar-refractivity contribution in [1.29, 1.82) is 0 Å². The maximum atomic E-state index is 14.2. The van der Waals surface area contributed by atoms with Gasteiger partial charge >= 0.3 is 12.2 Å². The van der Waals surface area contributed by atoms with Gasteiger partial charge in [-0.25, -0.2) is 19.6 Å². The lowest BCUT2D eigenvalue weighted by molar-refractivity contribution is -0.137. The molecule has 2 aliphatic heterocycles. The highest BCUT2D eigenvalue weighted by atomic mass is 16.5. The molecule has 4 N–H and O–H groups in total. The summed E-state index contributed by atoms with van der Waals surface area (Å²) in [6.07, 6.45) is 4.98. The zero-order valence-electron chi connectivity index (χ0n) is 38.1. The van der Waals surface area contributed by atoms with Gasteiger partial charge in [0.15, 0.2) is 0 Å². The molecule has 0 bridgehead atoms. The van der Waals surface area contributed by atoms with Gasteiger partial charge in [-0.1, -0.05) is 91.0 Å². The first kappa shape index (κ1) is 46.1. The lowest BCUT2D eigenvalue weighted by Gasteiger charge is -2.30. The van der Waals surface area contributed by atoms with Crippen LogP contribution >= 0.6 is 0 Å². The number of hydrogen-bond acceptors (Lipinski definition) is 10. The Balaban J connectivity index is 0.894. The summed E-state index contributed by atoms with van der Waals surface area (Å²) >= 11 is 0. The second-order valence-corrected chi connectivity index (χ2v) is 16.8. The number of benzene rings is 4. The monoisotopic (exact) mass is 908 g/mol. The third-order valence-corrected chi connectivity index (χ3v) is 12.6. The van der Waals surface area contributed by atoms with Gasteiger partial charge in [0.25, 0.3) is 0 Å². The Morgan fingerprint density at radius 3 is 1.67 bits per heavy atom. The minimum atomic E-state index is -0.905. The van der Waals surface area contributed by atoms with Gasteiger partial charge in [0.2, 0.25) is 11.8 Å². The van der Waals surface area contributed by atoms with Crippen LogP contribution in [0.2, 0.25) is 0 Å². The maximum Gasteiger partial charge on any atom is 0.407 e. The van der Waals surface area contributed by atoms with Gasteiger partial charge in [0, 0.05) is 26.6 Å². The molecule has 0 radical (unpaired) electrons. The standard InChI is InChI=1S/C51H56N8O8/c1-32(64-2)45(57-51(63)66-4)49(61)59-27-9-13-44(59)47-53-30-42(55-47)38-22-18-36(19-23-38)35-16-20-37(21-17-35)41-29-52-46(54-41)43-12-8-26-58(43)48(60)40(56-50(62)65-3)28-33-14-24-39(25-15-33)67-31-34-10-6-5-7-11-34/h5-7,10-11,14-25,29-30,32,40,43-45H,8-9,12-13,26-28,31H2,1-4H3,(H,52,54)(H,53,55)(H,56,62)(H,57,63)/t32-,40+,43+,44+,45+/m1/s1. The topological polar surface area (TPSA) is 193 Å². The second kappa shape index (κ2) is 21.2. The van der Waals surface area contributed by atoms with Crippen molar-refractivity contribution in [3.05, 3.63) is 138 Å². The molecule has 0 saturated carbocycles. The normalized spacial score (nSPS) is 17.1. The molecule has 6 aromatic rings. The summed E-state index contributed by atoms with van der Waals surface area (Å²) in [5, 5.41) is 5.39. The number of ether oxygens (including phenoxy) is 4. The van der Waals surface area contributed by atoms with E-state index in [0.29, 0.717) is 37.1 Å². The van der Waals surface area contributed by atoms with Gasteiger partial charge in [-0.2, -0.15) is 0 Å². The van der Waals surface area contributed by atoms with Crippen molar-refractivity contribution in [1.82, 2.24) is 40.4 Å². The van der Waals surface area contributed by atoms with E-state index in [1.807, 2.05) is 78.9 Å². The molecule has 4 amide bonds. The highest BCUT2D eigenvalue weighted by Crippen LogP contribution is 2.35. The quantitative estimate of drug-likeness (QED) is 0.0746. The molecule has 0 aliphatic carbocycles. The highest BCUT2D eigenvalue weighted by molar-refractivity contribution is 5.87. The molecule has 4 aromatic carbocycles. The van der Waals surface area contributed by atoms with Crippen molar-refractivity contribution < 1.29 is 38.1 Å². The number of likely N-dealkylation sites (tertiary alicyclic amines) is 2. The molecule has 2 saturated heterocycles.